The van der Waals surface area contributed by atoms with Crippen molar-refractivity contribution in [1.82, 2.24) is 4.90 Å². The van der Waals surface area contributed by atoms with Crippen molar-refractivity contribution < 1.29 is 14.3 Å². The SMILES string of the molecule is COC(=O)CC1CN(CC(C#N)c2ccccc2)CCO1. The Morgan fingerprint density at radius 2 is 2.29 bits per heavy atom. The molecule has 0 N–H and O–H groups in total. The topological polar surface area (TPSA) is 62.6 Å². The fraction of sp³-hybridized carbons (Fsp3) is 0.500. The summed E-state index contributed by atoms with van der Waals surface area (Å²) in [6.07, 6.45) is 0.108. The van der Waals surface area contributed by atoms with Crippen LogP contribution in [0.2, 0.25) is 0 Å². The minimum Gasteiger partial charge on any atom is -0.469 e. The average Bonchev–Trinajstić information content (AvgIpc) is 2.53. The van der Waals surface area contributed by atoms with Gasteiger partial charge in [0, 0.05) is 19.6 Å². The van der Waals surface area contributed by atoms with Gasteiger partial charge in [0.25, 0.3) is 0 Å². The monoisotopic (exact) mass is 288 g/mol. The highest BCUT2D eigenvalue weighted by Gasteiger charge is 2.25. The third-order valence-corrected chi connectivity index (χ3v) is 3.64. The number of carbonyl (C=O) groups is 1. The summed E-state index contributed by atoms with van der Waals surface area (Å²) in [6, 6.07) is 12.1. The summed E-state index contributed by atoms with van der Waals surface area (Å²) >= 11 is 0. The van der Waals surface area contributed by atoms with Crippen LogP contribution in [0, 0.1) is 11.3 Å². The van der Waals surface area contributed by atoms with Crippen LogP contribution in [0.5, 0.6) is 0 Å². The Kier molecular flexibility index (Phi) is 5.73. The number of nitriles is 1. The zero-order valence-electron chi connectivity index (χ0n) is 12.2. The van der Waals surface area contributed by atoms with Gasteiger partial charge in [-0.3, -0.25) is 9.69 Å². The Labute approximate surface area is 125 Å². The number of hydrogen-bond acceptors (Lipinski definition) is 5. The van der Waals surface area contributed by atoms with E-state index in [4.69, 9.17) is 4.74 Å². The molecule has 1 aliphatic heterocycles. The molecular formula is C16H20N2O3. The van der Waals surface area contributed by atoms with Gasteiger partial charge in [-0.15, -0.1) is 0 Å². The lowest BCUT2D eigenvalue weighted by atomic mass is 9.99. The maximum absolute atomic E-state index is 11.3. The lowest BCUT2D eigenvalue weighted by Gasteiger charge is -2.33. The molecule has 0 bridgehead atoms. The average molecular weight is 288 g/mol. The third kappa shape index (κ3) is 4.55. The minimum atomic E-state index is -0.262. The van der Waals surface area contributed by atoms with Gasteiger partial charge >= 0.3 is 5.97 Å². The number of hydrogen-bond donors (Lipinski definition) is 0. The fourth-order valence-corrected chi connectivity index (χ4v) is 2.50. The molecule has 0 saturated carbocycles. The maximum atomic E-state index is 11.3. The van der Waals surface area contributed by atoms with Crippen LogP contribution in [0.25, 0.3) is 0 Å². The summed E-state index contributed by atoms with van der Waals surface area (Å²) in [5, 5.41) is 9.38. The van der Waals surface area contributed by atoms with Crippen LogP contribution in [0.4, 0.5) is 0 Å². The first-order chi connectivity index (χ1) is 10.2. The van der Waals surface area contributed by atoms with Crippen molar-refractivity contribution in [1.29, 1.82) is 5.26 Å². The van der Waals surface area contributed by atoms with E-state index in [1.165, 1.54) is 7.11 Å². The quantitative estimate of drug-likeness (QED) is 0.769. The maximum Gasteiger partial charge on any atom is 0.308 e. The number of carbonyl (C=O) groups excluding carboxylic acids is 1. The summed E-state index contributed by atoms with van der Waals surface area (Å²) in [5.41, 5.74) is 1.02. The van der Waals surface area contributed by atoms with E-state index in [1.807, 2.05) is 30.3 Å². The number of rotatable bonds is 5. The van der Waals surface area contributed by atoms with Crippen molar-refractivity contribution in [3.8, 4) is 6.07 Å². The summed E-state index contributed by atoms with van der Waals surface area (Å²) in [4.78, 5) is 13.5. The van der Waals surface area contributed by atoms with Crippen LogP contribution in [0.1, 0.15) is 17.9 Å². The molecule has 1 aliphatic rings. The smallest absolute Gasteiger partial charge is 0.308 e. The van der Waals surface area contributed by atoms with E-state index in [-0.39, 0.29) is 24.4 Å². The van der Waals surface area contributed by atoms with Gasteiger partial charge in [0.15, 0.2) is 0 Å². The molecule has 2 unspecified atom stereocenters. The fourth-order valence-electron chi connectivity index (χ4n) is 2.50. The van der Waals surface area contributed by atoms with Crippen molar-refractivity contribution in [2.45, 2.75) is 18.4 Å². The number of benzene rings is 1. The second-order valence-corrected chi connectivity index (χ2v) is 5.13. The largest absolute Gasteiger partial charge is 0.469 e. The molecule has 1 aromatic rings. The molecule has 1 aromatic carbocycles. The van der Waals surface area contributed by atoms with Gasteiger partial charge in [-0.05, 0) is 5.56 Å². The van der Waals surface area contributed by atoms with Gasteiger partial charge in [-0.25, -0.2) is 0 Å². The van der Waals surface area contributed by atoms with Crippen molar-refractivity contribution in [3.63, 3.8) is 0 Å². The molecule has 0 spiro atoms. The predicted octanol–water partition coefficient (Wildman–Crippen LogP) is 1.56. The molecule has 1 fully saturated rings. The first-order valence-electron chi connectivity index (χ1n) is 7.08. The van der Waals surface area contributed by atoms with Gasteiger partial charge in [0.2, 0.25) is 0 Å². The van der Waals surface area contributed by atoms with Crippen LogP contribution in [0.3, 0.4) is 0 Å². The molecule has 112 valence electrons. The van der Waals surface area contributed by atoms with Crippen LogP contribution in [-0.2, 0) is 14.3 Å². The van der Waals surface area contributed by atoms with E-state index in [1.54, 1.807) is 0 Å². The standard InChI is InChI=1S/C16H20N2O3/c1-20-16(19)9-15-12-18(7-8-21-15)11-14(10-17)13-5-3-2-4-6-13/h2-6,14-15H,7-9,11-12H2,1H3. The minimum absolute atomic E-state index is 0.152. The molecule has 1 heterocycles. The summed E-state index contributed by atoms with van der Waals surface area (Å²) < 4.78 is 10.2. The molecule has 0 aliphatic carbocycles. The number of morpholine rings is 1. The van der Waals surface area contributed by atoms with E-state index in [2.05, 4.69) is 15.7 Å². The first-order valence-corrected chi connectivity index (χ1v) is 7.08. The van der Waals surface area contributed by atoms with Gasteiger partial charge in [0.05, 0.1) is 38.2 Å². The van der Waals surface area contributed by atoms with Crippen molar-refractivity contribution >= 4 is 5.97 Å². The van der Waals surface area contributed by atoms with E-state index in [0.29, 0.717) is 19.7 Å². The molecule has 0 radical (unpaired) electrons. The molecule has 5 nitrogen and oxygen atoms in total. The summed E-state index contributed by atoms with van der Waals surface area (Å²) in [5.74, 6) is -0.426. The van der Waals surface area contributed by atoms with Crippen molar-refractivity contribution in [3.05, 3.63) is 35.9 Å². The summed E-state index contributed by atoms with van der Waals surface area (Å²) in [6.45, 7) is 2.67. The van der Waals surface area contributed by atoms with E-state index < -0.39 is 0 Å². The lowest BCUT2D eigenvalue weighted by Crippen LogP contribution is -2.44. The molecule has 2 rings (SSSR count). The molecule has 0 aromatic heterocycles. The number of nitrogens with zero attached hydrogens (tertiary/aromatic N) is 2. The van der Waals surface area contributed by atoms with Crippen LogP contribution in [-0.4, -0.2) is 50.3 Å². The number of methoxy groups -OCH3 is 1. The second-order valence-electron chi connectivity index (χ2n) is 5.13. The molecular weight excluding hydrogens is 268 g/mol. The lowest BCUT2D eigenvalue weighted by molar-refractivity contribution is -0.145. The Balaban J connectivity index is 1.92. The highest BCUT2D eigenvalue weighted by Crippen LogP contribution is 2.18. The normalized spacial score (nSPS) is 20.5. The zero-order chi connectivity index (χ0) is 15.1. The van der Waals surface area contributed by atoms with Crippen LogP contribution < -0.4 is 0 Å². The molecule has 1 saturated heterocycles. The second kappa shape index (κ2) is 7.77. The third-order valence-electron chi connectivity index (χ3n) is 3.64. The van der Waals surface area contributed by atoms with Crippen LogP contribution in [0.15, 0.2) is 30.3 Å². The molecule has 5 heteroatoms. The predicted molar refractivity (Wildman–Crippen MR) is 77.6 cm³/mol. The number of ether oxygens (including phenoxy) is 2. The molecule has 2 atom stereocenters. The zero-order valence-corrected chi connectivity index (χ0v) is 12.2. The number of esters is 1. The van der Waals surface area contributed by atoms with Crippen LogP contribution >= 0.6 is 0 Å². The highest BCUT2D eigenvalue weighted by atomic mass is 16.5. The Morgan fingerprint density at radius 1 is 1.52 bits per heavy atom. The Hall–Kier alpha value is -1.90. The van der Waals surface area contributed by atoms with Gasteiger partial charge in [-0.2, -0.15) is 5.26 Å². The van der Waals surface area contributed by atoms with E-state index in [0.717, 1.165) is 12.1 Å². The molecule has 0 amide bonds. The Bertz CT molecular complexity index is 498. The molecule has 21 heavy (non-hydrogen) atoms. The van der Waals surface area contributed by atoms with Crippen molar-refractivity contribution in [2.75, 3.05) is 33.4 Å². The Morgan fingerprint density at radius 3 is 2.95 bits per heavy atom. The van der Waals surface area contributed by atoms with E-state index in [9.17, 15) is 10.1 Å². The highest BCUT2D eigenvalue weighted by molar-refractivity contribution is 5.69. The first kappa shape index (κ1) is 15.5. The summed E-state index contributed by atoms with van der Waals surface area (Å²) in [7, 11) is 1.38. The van der Waals surface area contributed by atoms with Gasteiger partial charge < -0.3 is 9.47 Å². The van der Waals surface area contributed by atoms with E-state index >= 15 is 0 Å². The van der Waals surface area contributed by atoms with Gasteiger partial charge in [0.1, 0.15) is 0 Å². The van der Waals surface area contributed by atoms with Crippen molar-refractivity contribution in [2.24, 2.45) is 0 Å². The van der Waals surface area contributed by atoms with Gasteiger partial charge in [-0.1, -0.05) is 30.3 Å².